The van der Waals surface area contributed by atoms with Gasteiger partial charge in [-0.15, -0.1) is 10.2 Å². The molecule has 1 aliphatic heterocycles. The Bertz CT molecular complexity index is 450. The number of aryl methyl sites for hydroxylation is 1. The summed E-state index contributed by atoms with van der Waals surface area (Å²) in [4.78, 5) is 6.70. The summed E-state index contributed by atoms with van der Waals surface area (Å²) in [5.41, 5.74) is 0. The molecule has 0 aromatic carbocycles. The molecule has 6 heteroatoms. The Morgan fingerprint density at radius 3 is 2.84 bits per heavy atom. The van der Waals surface area contributed by atoms with Gasteiger partial charge in [-0.25, -0.2) is 0 Å². The molecule has 1 saturated heterocycles. The zero-order valence-corrected chi connectivity index (χ0v) is 12.3. The Kier molecular flexibility index (Phi) is 4.39. The van der Waals surface area contributed by atoms with Crippen molar-refractivity contribution in [3.05, 3.63) is 11.6 Å². The molecule has 6 nitrogen and oxygen atoms in total. The number of rotatable bonds is 2. The predicted octanol–water partition coefficient (Wildman–Crippen LogP) is 0.931. The molecule has 1 aromatic heterocycles. The van der Waals surface area contributed by atoms with Crippen LogP contribution in [0.25, 0.3) is 0 Å². The number of guanidine groups is 1. The Labute approximate surface area is 114 Å². The van der Waals surface area contributed by atoms with E-state index in [0.29, 0.717) is 6.54 Å². The van der Waals surface area contributed by atoms with Crippen LogP contribution in [0.3, 0.4) is 0 Å². The number of nitrogens with zero attached hydrogens (tertiary/aromatic N) is 5. The highest BCUT2D eigenvalue weighted by atomic mass is 15.3. The van der Waals surface area contributed by atoms with Crippen molar-refractivity contribution >= 4 is 5.96 Å². The fraction of sp³-hybridized carbons (Fsp3) is 0.769. The van der Waals surface area contributed by atoms with E-state index in [1.807, 2.05) is 25.6 Å². The van der Waals surface area contributed by atoms with Crippen LogP contribution in [0.4, 0.5) is 0 Å². The molecule has 19 heavy (non-hydrogen) atoms. The molecule has 1 fully saturated rings. The van der Waals surface area contributed by atoms with Crippen LogP contribution in [0.2, 0.25) is 0 Å². The maximum Gasteiger partial charge on any atom is 0.194 e. The molecule has 0 bridgehead atoms. The maximum absolute atomic E-state index is 4.37. The number of aliphatic imine (C=N–C) groups is 1. The van der Waals surface area contributed by atoms with Crippen LogP contribution >= 0.6 is 0 Å². The molecule has 0 aliphatic carbocycles. The summed E-state index contributed by atoms with van der Waals surface area (Å²) in [5, 5.41) is 11.6. The largest absolute Gasteiger partial charge is 0.349 e. The molecule has 2 rings (SSSR count). The van der Waals surface area contributed by atoms with E-state index in [1.54, 1.807) is 0 Å². The fourth-order valence-corrected chi connectivity index (χ4v) is 2.48. The second-order valence-electron chi connectivity index (χ2n) is 5.32. The van der Waals surface area contributed by atoms with Crippen molar-refractivity contribution in [1.82, 2.24) is 25.0 Å². The van der Waals surface area contributed by atoms with Crippen molar-refractivity contribution in [3.8, 4) is 0 Å². The zero-order valence-electron chi connectivity index (χ0n) is 12.3. The summed E-state index contributed by atoms with van der Waals surface area (Å²) in [6.07, 6.45) is 2.56. The molecule has 0 saturated carbocycles. The van der Waals surface area contributed by atoms with Crippen molar-refractivity contribution in [3.63, 3.8) is 0 Å². The first-order valence-electron chi connectivity index (χ1n) is 6.92. The number of aromatic nitrogens is 3. The summed E-state index contributed by atoms with van der Waals surface area (Å²) in [6.45, 7) is 7.08. The van der Waals surface area contributed by atoms with E-state index in [9.17, 15) is 0 Å². The third kappa shape index (κ3) is 3.24. The quantitative estimate of drug-likeness (QED) is 0.638. The lowest BCUT2D eigenvalue weighted by molar-refractivity contribution is 0.265. The van der Waals surface area contributed by atoms with Gasteiger partial charge < -0.3 is 14.8 Å². The molecule has 2 heterocycles. The number of hydrogen-bond donors (Lipinski definition) is 1. The van der Waals surface area contributed by atoms with Crippen LogP contribution in [0.15, 0.2) is 4.99 Å². The molecular weight excluding hydrogens is 240 g/mol. The number of likely N-dealkylation sites (tertiary alicyclic amines) is 1. The Morgan fingerprint density at radius 2 is 2.26 bits per heavy atom. The molecule has 1 aliphatic rings. The normalized spacial score (nSPS) is 20.7. The molecule has 0 spiro atoms. The van der Waals surface area contributed by atoms with E-state index >= 15 is 0 Å². The van der Waals surface area contributed by atoms with Crippen LogP contribution in [0, 0.1) is 12.8 Å². The minimum atomic E-state index is 0.662. The van der Waals surface area contributed by atoms with E-state index in [2.05, 4.69) is 32.3 Å². The minimum absolute atomic E-state index is 0.662. The van der Waals surface area contributed by atoms with Crippen molar-refractivity contribution < 1.29 is 0 Å². The first-order chi connectivity index (χ1) is 9.11. The van der Waals surface area contributed by atoms with Crippen LogP contribution < -0.4 is 5.32 Å². The molecule has 0 amide bonds. The molecule has 1 N–H and O–H groups in total. The topological polar surface area (TPSA) is 58.3 Å². The zero-order chi connectivity index (χ0) is 13.8. The Hall–Kier alpha value is -1.59. The second kappa shape index (κ2) is 6.04. The Balaban J connectivity index is 1.94. The highest BCUT2D eigenvalue weighted by Crippen LogP contribution is 2.15. The van der Waals surface area contributed by atoms with Crippen molar-refractivity contribution in [1.29, 1.82) is 0 Å². The lowest BCUT2D eigenvalue weighted by atomic mass is 10.0. The second-order valence-corrected chi connectivity index (χ2v) is 5.32. The molecular formula is C13H24N6. The van der Waals surface area contributed by atoms with Gasteiger partial charge in [-0.3, -0.25) is 4.99 Å². The lowest BCUT2D eigenvalue weighted by Crippen LogP contribution is -2.46. The number of nitrogens with one attached hydrogen (secondary N) is 1. The average molecular weight is 264 g/mol. The SMILES string of the molecule is CN=C(NCc1nnc(C)n1C)N1CCCC(C)C1. The molecule has 0 radical (unpaired) electrons. The predicted molar refractivity (Wildman–Crippen MR) is 75.9 cm³/mol. The van der Waals surface area contributed by atoms with Crippen LogP contribution in [-0.2, 0) is 13.6 Å². The third-order valence-electron chi connectivity index (χ3n) is 3.76. The number of piperidine rings is 1. The van der Waals surface area contributed by atoms with Crippen molar-refractivity contribution in [2.75, 3.05) is 20.1 Å². The molecule has 1 unspecified atom stereocenters. The van der Waals surface area contributed by atoms with E-state index in [-0.39, 0.29) is 0 Å². The van der Waals surface area contributed by atoms with Gasteiger partial charge in [-0.05, 0) is 25.7 Å². The molecule has 1 aromatic rings. The fourth-order valence-electron chi connectivity index (χ4n) is 2.48. The summed E-state index contributed by atoms with van der Waals surface area (Å²) in [5.74, 6) is 3.57. The van der Waals surface area contributed by atoms with Gasteiger partial charge in [0.1, 0.15) is 5.82 Å². The lowest BCUT2D eigenvalue weighted by Gasteiger charge is -2.33. The number of hydrogen-bond acceptors (Lipinski definition) is 3. The highest BCUT2D eigenvalue weighted by Gasteiger charge is 2.19. The smallest absolute Gasteiger partial charge is 0.194 e. The van der Waals surface area contributed by atoms with Gasteiger partial charge in [0, 0.05) is 27.2 Å². The van der Waals surface area contributed by atoms with Gasteiger partial charge in [-0.1, -0.05) is 6.92 Å². The van der Waals surface area contributed by atoms with E-state index in [1.165, 1.54) is 12.8 Å². The van der Waals surface area contributed by atoms with Gasteiger partial charge >= 0.3 is 0 Å². The van der Waals surface area contributed by atoms with Crippen LogP contribution in [0.1, 0.15) is 31.4 Å². The first-order valence-corrected chi connectivity index (χ1v) is 6.92. The molecule has 1 atom stereocenters. The highest BCUT2D eigenvalue weighted by molar-refractivity contribution is 5.79. The van der Waals surface area contributed by atoms with Gasteiger partial charge in [0.05, 0.1) is 6.54 Å². The first kappa shape index (κ1) is 13.8. The minimum Gasteiger partial charge on any atom is -0.349 e. The summed E-state index contributed by atoms with van der Waals surface area (Å²) in [6, 6.07) is 0. The standard InChI is InChI=1S/C13H24N6/c1-10-6-5-7-19(9-10)13(14-3)15-8-12-17-16-11(2)18(12)4/h10H,5-9H2,1-4H3,(H,14,15). The van der Waals surface area contributed by atoms with Crippen LogP contribution in [-0.4, -0.2) is 45.8 Å². The summed E-state index contributed by atoms with van der Waals surface area (Å²) < 4.78 is 2.00. The average Bonchev–Trinajstić information content (AvgIpc) is 2.71. The maximum atomic E-state index is 4.37. The Morgan fingerprint density at radius 1 is 1.47 bits per heavy atom. The monoisotopic (exact) mass is 264 g/mol. The summed E-state index contributed by atoms with van der Waals surface area (Å²) >= 11 is 0. The van der Waals surface area contributed by atoms with Crippen molar-refractivity contribution in [2.24, 2.45) is 18.0 Å². The van der Waals surface area contributed by atoms with Gasteiger partial charge in [-0.2, -0.15) is 0 Å². The van der Waals surface area contributed by atoms with E-state index in [0.717, 1.165) is 36.6 Å². The third-order valence-corrected chi connectivity index (χ3v) is 3.76. The van der Waals surface area contributed by atoms with Crippen molar-refractivity contribution in [2.45, 2.75) is 33.2 Å². The van der Waals surface area contributed by atoms with E-state index < -0.39 is 0 Å². The summed E-state index contributed by atoms with van der Waals surface area (Å²) in [7, 11) is 3.82. The van der Waals surface area contributed by atoms with Gasteiger partial charge in [0.15, 0.2) is 11.8 Å². The van der Waals surface area contributed by atoms with E-state index in [4.69, 9.17) is 0 Å². The van der Waals surface area contributed by atoms with Gasteiger partial charge in [0.2, 0.25) is 0 Å². The van der Waals surface area contributed by atoms with Gasteiger partial charge in [0.25, 0.3) is 0 Å². The van der Waals surface area contributed by atoms with Crippen LogP contribution in [0.5, 0.6) is 0 Å². The molecule has 106 valence electrons.